The van der Waals surface area contributed by atoms with Crippen molar-refractivity contribution in [2.45, 2.75) is 19.8 Å². The van der Waals surface area contributed by atoms with E-state index in [2.05, 4.69) is 18.0 Å². The zero-order chi connectivity index (χ0) is 15.1. The van der Waals surface area contributed by atoms with E-state index in [0.717, 1.165) is 35.2 Å². The highest BCUT2D eigenvalue weighted by molar-refractivity contribution is 5.76. The number of allylic oxidation sites excluding steroid dienone is 3. The molecule has 0 atom stereocenters. The lowest BCUT2D eigenvalue weighted by molar-refractivity contribution is 0.973. The molecule has 0 fully saturated rings. The van der Waals surface area contributed by atoms with E-state index in [4.69, 9.17) is 11.5 Å². The van der Waals surface area contributed by atoms with Crippen molar-refractivity contribution < 1.29 is 0 Å². The summed E-state index contributed by atoms with van der Waals surface area (Å²) in [5.74, 6) is 0. The van der Waals surface area contributed by atoms with Gasteiger partial charge in [-0.25, -0.2) is 0 Å². The van der Waals surface area contributed by atoms with Crippen LogP contribution in [0.4, 0.5) is 5.69 Å². The first-order valence-corrected chi connectivity index (χ1v) is 7.13. The van der Waals surface area contributed by atoms with Crippen LogP contribution in [0.2, 0.25) is 0 Å². The van der Waals surface area contributed by atoms with Crippen LogP contribution in [0, 0.1) is 0 Å². The van der Waals surface area contributed by atoms with E-state index in [1.807, 2.05) is 42.6 Å². The summed E-state index contributed by atoms with van der Waals surface area (Å²) in [6, 6.07) is 10.1. The molecular weight excluding hydrogens is 258 g/mol. The number of hydrogen-bond donors (Lipinski definition) is 2. The molecule has 21 heavy (non-hydrogen) atoms. The zero-order valence-electron chi connectivity index (χ0n) is 12.3. The van der Waals surface area contributed by atoms with Gasteiger partial charge in [-0.1, -0.05) is 25.5 Å². The molecule has 2 rings (SSSR count). The lowest BCUT2D eigenvalue weighted by Gasteiger charge is -2.10. The van der Waals surface area contributed by atoms with E-state index in [0.29, 0.717) is 0 Å². The topological polar surface area (TPSA) is 64.9 Å². The van der Waals surface area contributed by atoms with Gasteiger partial charge in [-0.15, -0.1) is 0 Å². The Labute approximate surface area is 126 Å². The summed E-state index contributed by atoms with van der Waals surface area (Å²) in [6.45, 7) is 2.16. The predicted octanol–water partition coefficient (Wildman–Crippen LogP) is 3.99. The fourth-order valence-corrected chi connectivity index (χ4v) is 2.30. The number of hydrogen-bond acceptors (Lipinski definition) is 3. The second-order valence-corrected chi connectivity index (χ2v) is 4.91. The highest BCUT2D eigenvalue weighted by Gasteiger charge is 2.05. The SMILES string of the molecule is CCC/C(=C\C=C/N)c1cc(N)cc(-c2cccnc2)c1. The molecule has 1 aromatic heterocycles. The third-order valence-electron chi connectivity index (χ3n) is 3.25. The molecule has 0 radical (unpaired) electrons. The molecule has 0 aliphatic heterocycles. The van der Waals surface area contributed by atoms with Crippen molar-refractivity contribution in [1.82, 2.24) is 4.98 Å². The fourth-order valence-electron chi connectivity index (χ4n) is 2.30. The van der Waals surface area contributed by atoms with E-state index in [1.54, 1.807) is 12.4 Å². The van der Waals surface area contributed by atoms with Crippen LogP contribution in [0.3, 0.4) is 0 Å². The molecule has 4 N–H and O–H groups in total. The van der Waals surface area contributed by atoms with Gasteiger partial charge in [0.1, 0.15) is 0 Å². The summed E-state index contributed by atoms with van der Waals surface area (Å²) in [5.41, 5.74) is 16.8. The van der Waals surface area contributed by atoms with Gasteiger partial charge in [0.25, 0.3) is 0 Å². The minimum Gasteiger partial charge on any atom is -0.405 e. The largest absolute Gasteiger partial charge is 0.405 e. The number of rotatable bonds is 5. The standard InChI is InChI=1S/C18H21N3/c1-2-5-14(6-3-8-19)16-10-17(12-18(20)11-16)15-7-4-9-21-13-15/h3-4,6-13H,2,5,19-20H2,1H3/b8-3-,14-6+. The van der Waals surface area contributed by atoms with E-state index in [1.165, 1.54) is 5.57 Å². The molecule has 0 amide bonds. The van der Waals surface area contributed by atoms with E-state index >= 15 is 0 Å². The van der Waals surface area contributed by atoms with Gasteiger partial charge in [0, 0.05) is 23.6 Å². The molecule has 0 unspecified atom stereocenters. The average molecular weight is 279 g/mol. The Bertz CT molecular complexity index is 643. The molecule has 3 heteroatoms. The summed E-state index contributed by atoms with van der Waals surface area (Å²) in [6.07, 6.45) is 11.1. The minimum atomic E-state index is 0.755. The third kappa shape index (κ3) is 3.96. The maximum Gasteiger partial charge on any atom is 0.0346 e. The molecule has 1 heterocycles. The summed E-state index contributed by atoms with van der Waals surface area (Å²) < 4.78 is 0. The molecular formula is C18H21N3. The maximum atomic E-state index is 6.07. The van der Waals surface area contributed by atoms with Gasteiger partial charge in [0.2, 0.25) is 0 Å². The van der Waals surface area contributed by atoms with Crippen molar-refractivity contribution in [3.05, 3.63) is 66.6 Å². The number of nitrogens with two attached hydrogens (primary N) is 2. The normalized spacial score (nSPS) is 12.0. The molecule has 0 saturated carbocycles. The first-order chi connectivity index (χ1) is 10.2. The van der Waals surface area contributed by atoms with Crippen LogP contribution in [0.15, 0.2) is 61.1 Å². The van der Waals surface area contributed by atoms with Gasteiger partial charge in [-0.3, -0.25) is 4.98 Å². The highest BCUT2D eigenvalue weighted by atomic mass is 14.6. The smallest absolute Gasteiger partial charge is 0.0346 e. The van der Waals surface area contributed by atoms with Crippen molar-refractivity contribution in [1.29, 1.82) is 0 Å². The quantitative estimate of drug-likeness (QED) is 0.642. The van der Waals surface area contributed by atoms with Crippen molar-refractivity contribution in [2.75, 3.05) is 5.73 Å². The van der Waals surface area contributed by atoms with Gasteiger partial charge in [0.15, 0.2) is 0 Å². The van der Waals surface area contributed by atoms with Crippen LogP contribution >= 0.6 is 0 Å². The molecule has 0 spiro atoms. The Kier molecular flexibility index (Phi) is 5.16. The van der Waals surface area contributed by atoms with Crippen molar-refractivity contribution in [3.8, 4) is 11.1 Å². The van der Waals surface area contributed by atoms with Crippen LogP contribution in [-0.4, -0.2) is 4.98 Å². The Morgan fingerprint density at radius 2 is 2.10 bits per heavy atom. The van der Waals surface area contributed by atoms with Gasteiger partial charge in [0.05, 0.1) is 0 Å². The molecule has 0 bridgehead atoms. The summed E-state index contributed by atoms with van der Waals surface area (Å²) in [4.78, 5) is 4.17. The number of benzene rings is 1. The molecule has 0 aliphatic rings. The van der Waals surface area contributed by atoms with Crippen molar-refractivity contribution in [3.63, 3.8) is 0 Å². The van der Waals surface area contributed by atoms with E-state index in [9.17, 15) is 0 Å². The Morgan fingerprint density at radius 3 is 2.76 bits per heavy atom. The number of nitrogen functional groups attached to an aromatic ring is 1. The zero-order valence-corrected chi connectivity index (χ0v) is 12.3. The monoisotopic (exact) mass is 279 g/mol. The van der Waals surface area contributed by atoms with Crippen LogP contribution in [0.1, 0.15) is 25.3 Å². The number of aromatic nitrogens is 1. The Morgan fingerprint density at radius 1 is 1.24 bits per heavy atom. The van der Waals surface area contributed by atoms with E-state index in [-0.39, 0.29) is 0 Å². The molecule has 108 valence electrons. The van der Waals surface area contributed by atoms with Gasteiger partial charge < -0.3 is 11.5 Å². The van der Waals surface area contributed by atoms with Crippen molar-refractivity contribution in [2.24, 2.45) is 5.73 Å². The lowest BCUT2D eigenvalue weighted by atomic mass is 9.96. The second kappa shape index (κ2) is 7.29. The molecule has 3 nitrogen and oxygen atoms in total. The van der Waals surface area contributed by atoms with Crippen molar-refractivity contribution >= 4 is 11.3 Å². The molecule has 1 aromatic carbocycles. The average Bonchev–Trinajstić information content (AvgIpc) is 2.51. The maximum absolute atomic E-state index is 6.07. The summed E-state index contributed by atoms with van der Waals surface area (Å²) in [5, 5.41) is 0. The van der Waals surface area contributed by atoms with Crippen LogP contribution in [0.25, 0.3) is 16.7 Å². The van der Waals surface area contributed by atoms with Gasteiger partial charge in [-0.2, -0.15) is 0 Å². The summed E-state index contributed by atoms with van der Waals surface area (Å²) >= 11 is 0. The van der Waals surface area contributed by atoms with Crippen LogP contribution in [-0.2, 0) is 0 Å². The lowest BCUT2D eigenvalue weighted by Crippen LogP contribution is -1.92. The number of anilines is 1. The fraction of sp³-hybridized carbons (Fsp3) is 0.167. The third-order valence-corrected chi connectivity index (χ3v) is 3.25. The van der Waals surface area contributed by atoms with E-state index < -0.39 is 0 Å². The van der Waals surface area contributed by atoms with Crippen LogP contribution in [0.5, 0.6) is 0 Å². The predicted molar refractivity (Wildman–Crippen MR) is 90.3 cm³/mol. The first kappa shape index (κ1) is 14.9. The Balaban J connectivity index is 2.47. The van der Waals surface area contributed by atoms with Crippen LogP contribution < -0.4 is 11.5 Å². The molecule has 0 saturated heterocycles. The van der Waals surface area contributed by atoms with Gasteiger partial charge >= 0.3 is 0 Å². The molecule has 0 aliphatic carbocycles. The first-order valence-electron chi connectivity index (χ1n) is 7.13. The second-order valence-electron chi connectivity index (χ2n) is 4.91. The molecule has 2 aromatic rings. The minimum absolute atomic E-state index is 0.755. The summed E-state index contributed by atoms with van der Waals surface area (Å²) in [7, 11) is 0. The number of pyridine rings is 1. The Hall–Kier alpha value is -2.55. The highest BCUT2D eigenvalue weighted by Crippen LogP contribution is 2.28. The number of nitrogens with zero attached hydrogens (tertiary/aromatic N) is 1. The van der Waals surface area contributed by atoms with Gasteiger partial charge in [-0.05, 0) is 59.7 Å².